The second-order valence-corrected chi connectivity index (χ2v) is 5.85. The summed E-state index contributed by atoms with van der Waals surface area (Å²) in [5, 5.41) is 0. The summed E-state index contributed by atoms with van der Waals surface area (Å²) in [6, 6.07) is 27.6. The predicted octanol–water partition coefficient (Wildman–Crippen LogP) is 4.62. The van der Waals surface area contributed by atoms with Gasteiger partial charge in [0.05, 0.1) is 5.57 Å². The van der Waals surface area contributed by atoms with Gasteiger partial charge in [0.15, 0.2) is 5.78 Å². The first-order chi connectivity index (χ1) is 12.7. The zero-order valence-corrected chi connectivity index (χ0v) is 14.5. The van der Waals surface area contributed by atoms with E-state index in [2.05, 4.69) is 0 Å². The summed E-state index contributed by atoms with van der Waals surface area (Å²) >= 11 is 0. The lowest BCUT2D eigenvalue weighted by Crippen LogP contribution is -2.27. The average Bonchev–Trinajstić information content (AvgIpc) is 2.72. The molecule has 1 amide bonds. The van der Waals surface area contributed by atoms with Crippen LogP contribution in [0.5, 0.6) is 0 Å². The number of anilines is 1. The number of ketones is 1. The third kappa shape index (κ3) is 3.95. The Morgan fingerprint density at radius 3 is 1.69 bits per heavy atom. The molecule has 0 unspecified atom stereocenters. The van der Waals surface area contributed by atoms with Gasteiger partial charge in [0.1, 0.15) is 0 Å². The molecule has 0 saturated heterocycles. The Bertz CT molecular complexity index is 916. The molecule has 0 aliphatic rings. The maximum absolute atomic E-state index is 13.1. The highest BCUT2D eigenvalue weighted by molar-refractivity contribution is 6.30. The Labute approximate surface area is 153 Å². The molecule has 0 aliphatic carbocycles. The summed E-state index contributed by atoms with van der Waals surface area (Å²) in [5.41, 5.74) is 2.40. The van der Waals surface area contributed by atoms with Crippen LogP contribution in [0.15, 0.2) is 97.1 Å². The van der Waals surface area contributed by atoms with Gasteiger partial charge in [0.2, 0.25) is 0 Å². The fraction of sp³-hybridized carbons (Fsp3) is 0.0435. The van der Waals surface area contributed by atoms with Gasteiger partial charge in [0.25, 0.3) is 5.91 Å². The molecule has 3 nitrogen and oxygen atoms in total. The van der Waals surface area contributed by atoms with Crippen LogP contribution in [0.1, 0.15) is 15.9 Å². The maximum Gasteiger partial charge on any atom is 0.258 e. The summed E-state index contributed by atoms with van der Waals surface area (Å²) in [5.74, 6) is -0.425. The molecule has 3 aromatic carbocycles. The molecule has 0 spiro atoms. The molecule has 0 radical (unpaired) electrons. The zero-order valence-electron chi connectivity index (χ0n) is 14.5. The smallest absolute Gasteiger partial charge is 0.258 e. The Morgan fingerprint density at radius 1 is 0.692 bits per heavy atom. The molecule has 0 N–H and O–H groups in total. The van der Waals surface area contributed by atoms with E-state index in [-0.39, 0.29) is 11.7 Å². The van der Waals surface area contributed by atoms with Crippen LogP contribution in [-0.2, 0) is 4.79 Å². The number of para-hydroxylation sites is 1. The minimum absolute atomic E-state index is 0.195. The number of nitrogens with zero attached hydrogens (tertiary/aromatic N) is 1. The van der Waals surface area contributed by atoms with Gasteiger partial charge >= 0.3 is 0 Å². The molecule has 0 heterocycles. The van der Waals surface area contributed by atoms with Crippen molar-refractivity contribution in [2.45, 2.75) is 0 Å². The van der Waals surface area contributed by atoms with Crippen LogP contribution in [0, 0.1) is 0 Å². The number of carbonyl (C=O) groups excluding carboxylic acids is 2. The van der Waals surface area contributed by atoms with Crippen molar-refractivity contribution < 1.29 is 9.59 Å². The van der Waals surface area contributed by atoms with Crippen molar-refractivity contribution in [3.8, 4) is 0 Å². The van der Waals surface area contributed by atoms with Gasteiger partial charge in [-0.2, -0.15) is 0 Å². The molecule has 0 saturated carbocycles. The fourth-order valence-corrected chi connectivity index (χ4v) is 2.65. The molecule has 3 rings (SSSR count). The topological polar surface area (TPSA) is 37.4 Å². The highest BCUT2D eigenvalue weighted by Crippen LogP contribution is 2.22. The van der Waals surface area contributed by atoms with Crippen molar-refractivity contribution in [1.82, 2.24) is 0 Å². The Kier molecular flexibility index (Phi) is 5.40. The second-order valence-electron chi connectivity index (χ2n) is 5.85. The summed E-state index contributed by atoms with van der Waals surface area (Å²) in [4.78, 5) is 27.3. The second kappa shape index (κ2) is 8.08. The number of amides is 1. The lowest BCUT2D eigenvalue weighted by atomic mass is 10.0. The number of likely N-dealkylation sites (N-methyl/N-ethyl adjacent to an activating group) is 1. The fourth-order valence-electron chi connectivity index (χ4n) is 2.65. The Balaban J connectivity index is 2.00. The zero-order chi connectivity index (χ0) is 18.4. The lowest BCUT2D eigenvalue weighted by Gasteiger charge is -2.19. The molecule has 0 aliphatic heterocycles. The van der Waals surface area contributed by atoms with Gasteiger partial charge in [-0.15, -0.1) is 0 Å². The average molecular weight is 341 g/mol. The first-order valence-corrected chi connectivity index (χ1v) is 8.36. The molecular formula is C23H19NO2. The Morgan fingerprint density at radius 2 is 1.15 bits per heavy atom. The minimum Gasteiger partial charge on any atom is -0.311 e. The van der Waals surface area contributed by atoms with Crippen molar-refractivity contribution in [2.24, 2.45) is 0 Å². The largest absolute Gasteiger partial charge is 0.311 e. The summed E-state index contributed by atoms with van der Waals surface area (Å²) < 4.78 is 0. The highest BCUT2D eigenvalue weighted by Gasteiger charge is 2.19. The van der Waals surface area contributed by atoms with Crippen molar-refractivity contribution in [3.63, 3.8) is 0 Å². The van der Waals surface area contributed by atoms with Crippen LogP contribution < -0.4 is 4.90 Å². The minimum atomic E-state index is -0.230. The van der Waals surface area contributed by atoms with Crippen molar-refractivity contribution in [2.75, 3.05) is 11.9 Å². The summed E-state index contributed by atoms with van der Waals surface area (Å²) in [6.45, 7) is 0. The SMILES string of the molecule is CN(C(=O)/C(=C/C(=O)c1ccccc1)c1ccccc1)c1ccccc1. The van der Waals surface area contributed by atoms with E-state index in [0.717, 1.165) is 5.69 Å². The number of rotatable bonds is 5. The van der Waals surface area contributed by atoms with E-state index in [9.17, 15) is 9.59 Å². The predicted molar refractivity (Wildman–Crippen MR) is 105 cm³/mol. The molecular weight excluding hydrogens is 322 g/mol. The van der Waals surface area contributed by atoms with E-state index >= 15 is 0 Å². The number of carbonyl (C=O) groups is 2. The van der Waals surface area contributed by atoms with Crippen LogP contribution in [0.3, 0.4) is 0 Å². The van der Waals surface area contributed by atoms with Crippen LogP contribution in [0.25, 0.3) is 5.57 Å². The molecule has 0 fully saturated rings. The van der Waals surface area contributed by atoms with Gasteiger partial charge in [-0.3, -0.25) is 9.59 Å². The van der Waals surface area contributed by atoms with Crippen molar-refractivity contribution >= 4 is 23.0 Å². The van der Waals surface area contributed by atoms with E-state index < -0.39 is 0 Å². The first-order valence-electron chi connectivity index (χ1n) is 8.36. The van der Waals surface area contributed by atoms with Gasteiger partial charge in [0, 0.05) is 18.3 Å². The summed E-state index contributed by atoms with van der Waals surface area (Å²) in [7, 11) is 1.71. The normalized spacial score (nSPS) is 11.0. The maximum atomic E-state index is 13.1. The molecule has 0 aromatic heterocycles. The molecule has 3 heteroatoms. The van der Waals surface area contributed by atoms with Crippen LogP contribution in [-0.4, -0.2) is 18.7 Å². The molecule has 128 valence electrons. The van der Waals surface area contributed by atoms with E-state index in [1.54, 1.807) is 36.2 Å². The first kappa shape index (κ1) is 17.4. The van der Waals surface area contributed by atoms with Gasteiger partial charge in [-0.25, -0.2) is 0 Å². The van der Waals surface area contributed by atoms with Crippen LogP contribution in [0.4, 0.5) is 5.69 Å². The molecule has 3 aromatic rings. The number of hydrogen-bond acceptors (Lipinski definition) is 2. The van der Waals surface area contributed by atoms with Gasteiger partial charge < -0.3 is 4.90 Å². The van der Waals surface area contributed by atoms with E-state index in [0.29, 0.717) is 16.7 Å². The Hall–Kier alpha value is -3.46. The standard InChI is InChI=1S/C23H19NO2/c1-24(20-15-9-4-10-16-20)23(26)21(18-11-5-2-6-12-18)17-22(25)19-13-7-3-8-14-19/h2-17H,1H3/b21-17+. The van der Waals surface area contributed by atoms with E-state index in [1.165, 1.54) is 6.08 Å². The molecule has 0 atom stereocenters. The van der Waals surface area contributed by atoms with Crippen LogP contribution >= 0.6 is 0 Å². The van der Waals surface area contributed by atoms with Gasteiger partial charge in [-0.05, 0) is 23.8 Å². The van der Waals surface area contributed by atoms with E-state index in [1.807, 2.05) is 66.7 Å². The van der Waals surface area contributed by atoms with Gasteiger partial charge in [-0.1, -0.05) is 78.9 Å². The monoisotopic (exact) mass is 341 g/mol. The summed E-state index contributed by atoms with van der Waals surface area (Å²) in [6.07, 6.45) is 1.42. The number of allylic oxidation sites excluding steroid dienone is 1. The quantitative estimate of drug-likeness (QED) is 0.502. The molecule has 26 heavy (non-hydrogen) atoms. The third-order valence-corrected chi connectivity index (χ3v) is 4.10. The van der Waals surface area contributed by atoms with E-state index in [4.69, 9.17) is 0 Å². The van der Waals surface area contributed by atoms with Crippen molar-refractivity contribution in [1.29, 1.82) is 0 Å². The number of benzene rings is 3. The van der Waals surface area contributed by atoms with Crippen molar-refractivity contribution in [3.05, 3.63) is 108 Å². The lowest BCUT2D eigenvalue weighted by molar-refractivity contribution is -0.113. The highest BCUT2D eigenvalue weighted by atomic mass is 16.2. The van der Waals surface area contributed by atoms with Crippen LogP contribution in [0.2, 0.25) is 0 Å². The number of hydrogen-bond donors (Lipinski definition) is 0. The molecule has 0 bridgehead atoms. The third-order valence-electron chi connectivity index (χ3n) is 4.10.